The molecule has 0 spiro atoms. The third-order valence-electron chi connectivity index (χ3n) is 3.94. The highest BCUT2D eigenvalue weighted by atomic mass is 16.5. The van der Waals surface area contributed by atoms with Crippen molar-refractivity contribution >= 4 is 6.03 Å². The Kier molecular flexibility index (Phi) is 5.41. The second-order valence-corrected chi connectivity index (χ2v) is 5.45. The van der Waals surface area contributed by atoms with Crippen LogP contribution < -0.4 is 10.6 Å². The molecule has 1 atom stereocenters. The minimum Gasteiger partial charge on any atom is -0.383 e. The molecule has 4 nitrogen and oxygen atoms in total. The molecule has 2 N–H and O–H groups in total. The number of hydrogen-bond donors (Lipinski definition) is 2. The summed E-state index contributed by atoms with van der Waals surface area (Å²) < 4.78 is 5.07. The zero-order valence-corrected chi connectivity index (χ0v) is 12.3. The van der Waals surface area contributed by atoms with E-state index in [1.54, 1.807) is 7.11 Å². The predicted molar refractivity (Wildman–Crippen MR) is 79.8 cm³/mol. The fourth-order valence-electron chi connectivity index (χ4n) is 2.61. The number of ether oxygens (including phenoxy) is 1. The van der Waals surface area contributed by atoms with Crippen molar-refractivity contribution < 1.29 is 9.53 Å². The number of benzene rings is 1. The van der Waals surface area contributed by atoms with Crippen LogP contribution in [0, 0.1) is 0 Å². The molecule has 1 aliphatic rings. The first-order valence-corrected chi connectivity index (χ1v) is 7.33. The Labute approximate surface area is 120 Å². The molecule has 0 saturated heterocycles. The number of urea groups is 1. The molecule has 20 heavy (non-hydrogen) atoms. The summed E-state index contributed by atoms with van der Waals surface area (Å²) in [6.45, 7) is 2.60. The second-order valence-electron chi connectivity index (χ2n) is 5.45. The summed E-state index contributed by atoms with van der Waals surface area (Å²) in [5.41, 5.74) is 1.37. The summed E-state index contributed by atoms with van der Waals surface area (Å²) in [6, 6.07) is 10.8. The number of carbonyl (C=O) groups is 1. The van der Waals surface area contributed by atoms with Gasteiger partial charge in [-0.15, -0.1) is 0 Å². The van der Waals surface area contributed by atoms with Crippen LogP contribution in [0.3, 0.4) is 0 Å². The van der Waals surface area contributed by atoms with Gasteiger partial charge in [0, 0.05) is 13.2 Å². The molecule has 2 rings (SSSR count). The summed E-state index contributed by atoms with van der Waals surface area (Å²) in [5.74, 6) is 0.586. The Bertz CT molecular complexity index is 416. The van der Waals surface area contributed by atoms with E-state index >= 15 is 0 Å². The van der Waals surface area contributed by atoms with Crippen molar-refractivity contribution in [1.29, 1.82) is 0 Å². The molecule has 0 radical (unpaired) electrons. The average Bonchev–Trinajstić information content (AvgIpc) is 2.43. The summed E-state index contributed by atoms with van der Waals surface area (Å²) >= 11 is 0. The van der Waals surface area contributed by atoms with Gasteiger partial charge in [-0.3, -0.25) is 0 Å². The molecule has 0 bridgehead atoms. The van der Waals surface area contributed by atoms with Gasteiger partial charge in [-0.2, -0.15) is 0 Å². The standard InChI is InChI=1S/C16H24N2O2/c1-3-14(11-20-2)17-16(19)18-15-9-13(10-15)12-7-5-4-6-8-12/h4-8,13-15H,3,9-11H2,1-2H3,(H2,17,18,19). The normalized spacial score (nSPS) is 22.7. The zero-order valence-electron chi connectivity index (χ0n) is 12.3. The van der Waals surface area contributed by atoms with Gasteiger partial charge in [0.05, 0.1) is 12.6 Å². The lowest BCUT2D eigenvalue weighted by Crippen LogP contribution is -2.50. The van der Waals surface area contributed by atoms with Gasteiger partial charge in [-0.05, 0) is 30.7 Å². The number of amides is 2. The number of rotatable bonds is 6. The van der Waals surface area contributed by atoms with Crippen LogP contribution in [0.1, 0.15) is 37.7 Å². The maximum atomic E-state index is 11.9. The van der Waals surface area contributed by atoms with Crippen molar-refractivity contribution in [2.24, 2.45) is 0 Å². The van der Waals surface area contributed by atoms with Crippen LogP contribution >= 0.6 is 0 Å². The monoisotopic (exact) mass is 276 g/mol. The molecule has 1 fully saturated rings. The van der Waals surface area contributed by atoms with Crippen molar-refractivity contribution in [1.82, 2.24) is 10.6 Å². The van der Waals surface area contributed by atoms with E-state index < -0.39 is 0 Å². The first kappa shape index (κ1) is 14.9. The maximum absolute atomic E-state index is 11.9. The largest absolute Gasteiger partial charge is 0.383 e. The van der Waals surface area contributed by atoms with Crippen molar-refractivity contribution in [2.75, 3.05) is 13.7 Å². The number of methoxy groups -OCH3 is 1. The molecule has 1 unspecified atom stereocenters. The average molecular weight is 276 g/mol. The van der Waals surface area contributed by atoms with Gasteiger partial charge in [0.2, 0.25) is 0 Å². The van der Waals surface area contributed by atoms with Gasteiger partial charge in [-0.25, -0.2) is 4.79 Å². The van der Waals surface area contributed by atoms with Crippen molar-refractivity contribution in [3.8, 4) is 0 Å². The minimum absolute atomic E-state index is 0.0783. The summed E-state index contributed by atoms with van der Waals surface area (Å²) in [7, 11) is 1.65. The van der Waals surface area contributed by atoms with E-state index in [0.29, 0.717) is 18.6 Å². The first-order valence-electron chi connectivity index (χ1n) is 7.33. The molecular weight excluding hydrogens is 252 g/mol. The van der Waals surface area contributed by atoms with E-state index in [1.807, 2.05) is 13.0 Å². The van der Waals surface area contributed by atoms with Crippen molar-refractivity contribution in [3.05, 3.63) is 35.9 Å². The molecule has 4 heteroatoms. The van der Waals surface area contributed by atoms with Crippen LogP contribution in [0.2, 0.25) is 0 Å². The van der Waals surface area contributed by atoms with Crippen molar-refractivity contribution in [2.45, 2.75) is 44.2 Å². The van der Waals surface area contributed by atoms with E-state index in [1.165, 1.54) is 5.56 Å². The third-order valence-corrected chi connectivity index (χ3v) is 3.94. The molecular formula is C16H24N2O2. The molecule has 2 amide bonds. The zero-order chi connectivity index (χ0) is 14.4. The van der Waals surface area contributed by atoms with Crippen molar-refractivity contribution in [3.63, 3.8) is 0 Å². The smallest absolute Gasteiger partial charge is 0.315 e. The quantitative estimate of drug-likeness (QED) is 0.839. The van der Waals surface area contributed by atoms with Gasteiger partial charge in [0.1, 0.15) is 0 Å². The molecule has 1 aliphatic carbocycles. The highest BCUT2D eigenvalue weighted by molar-refractivity contribution is 5.74. The number of nitrogens with one attached hydrogen (secondary N) is 2. The highest BCUT2D eigenvalue weighted by Gasteiger charge is 2.31. The lowest BCUT2D eigenvalue weighted by molar-refractivity contribution is 0.161. The molecule has 0 heterocycles. The molecule has 1 aromatic rings. The Morgan fingerprint density at radius 1 is 1.35 bits per heavy atom. The van der Waals surface area contributed by atoms with Crippen LogP contribution in [0.4, 0.5) is 4.79 Å². The van der Waals surface area contributed by atoms with E-state index in [4.69, 9.17) is 4.74 Å². The molecule has 1 saturated carbocycles. The van der Waals surface area contributed by atoms with Gasteiger partial charge >= 0.3 is 6.03 Å². The predicted octanol–water partition coefficient (Wildman–Crippen LogP) is 2.66. The Hall–Kier alpha value is -1.55. The first-order chi connectivity index (χ1) is 9.72. The lowest BCUT2D eigenvalue weighted by Gasteiger charge is -2.36. The Morgan fingerprint density at radius 3 is 2.65 bits per heavy atom. The fourth-order valence-corrected chi connectivity index (χ4v) is 2.61. The maximum Gasteiger partial charge on any atom is 0.315 e. The lowest BCUT2D eigenvalue weighted by atomic mass is 9.76. The second kappa shape index (κ2) is 7.29. The molecule has 110 valence electrons. The van der Waals surface area contributed by atoms with Crippen LogP contribution in [0.15, 0.2) is 30.3 Å². The van der Waals surface area contributed by atoms with Gasteiger partial charge in [0.25, 0.3) is 0 Å². The van der Waals surface area contributed by atoms with Crippen LogP contribution in [0.5, 0.6) is 0 Å². The molecule has 0 aromatic heterocycles. The topological polar surface area (TPSA) is 50.4 Å². The van der Waals surface area contributed by atoms with E-state index in [2.05, 4.69) is 34.9 Å². The van der Waals surface area contributed by atoms with Gasteiger partial charge in [-0.1, -0.05) is 37.3 Å². The van der Waals surface area contributed by atoms with Crippen LogP contribution in [-0.2, 0) is 4.74 Å². The Balaban J connectivity index is 1.70. The summed E-state index contributed by atoms with van der Waals surface area (Å²) in [4.78, 5) is 11.9. The number of hydrogen-bond acceptors (Lipinski definition) is 2. The van der Waals surface area contributed by atoms with E-state index in [9.17, 15) is 4.79 Å². The minimum atomic E-state index is -0.0783. The van der Waals surface area contributed by atoms with Crippen LogP contribution in [-0.4, -0.2) is 31.8 Å². The van der Waals surface area contributed by atoms with Gasteiger partial charge in [0.15, 0.2) is 0 Å². The van der Waals surface area contributed by atoms with Crippen LogP contribution in [0.25, 0.3) is 0 Å². The number of carbonyl (C=O) groups excluding carboxylic acids is 1. The fraction of sp³-hybridized carbons (Fsp3) is 0.562. The highest BCUT2D eigenvalue weighted by Crippen LogP contribution is 2.36. The SMILES string of the molecule is CCC(COC)NC(=O)NC1CC(c2ccccc2)C1. The van der Waals surface area contributed by atoms with E-state index in [-0.39, 0.29) is 12.1 Å². The van der Waals surface area contributed by atoms with Gasteiger partial charge < -0.3 is 15.4 Å². The Morgan fingerprint density at radius 2 is 2.05 bits per heavy atom. The third kappa shape index (κ3) is 3.97. The summed E-state index contributed by atoms with van der Waals surface area (Å²) in [6.07, 6.45) is 2.93. The summed E-state index contributed by atoms with van der Waals surface area (Å²) in [5, 5.41) is 5.98. The van der Waals surface area contributed by atoms with E-state index in [0.717, 1.165) is 19.3 Å². The molecule has 0 aliphatic heterocycles. The molecule has 1 aromatic carbocycles.